The molecule has 0 amide bonds. The molecule has 0 aliphatic heterocycles. The lowest BCUT2D eigenvalue weighted by Crippen LogP contribution is -2.23. The van der Waals surface area contributed by atoms with E-state index in [0.717, 1.165) is 11.3 Å². The van der Waals surface area contributed by atoms with Crippen molar-refractivity contribution < 1.29 is 19.4 Å². The van der Waals surface area contributed by atoms with E-state index in [4.69, 9.17) is 14.6 Å². The fraction of sp³-hybridized carbons (Fsp3) is 0.222. The summed E-state index contributed by atoms with van der Waals surface area (Å²) in [6.45, 7) is 3.49. The van der Waals surface area contributed by atoms with Gasteiger partial charge in [0, 0.05) is 15.3 Å². The maximum Gasteiger partial charge on any atom is 0.344 e. The molecule has 0 fully saturated rings. The van der Waals surface area contributed by atoms with Crippen LogP contribution in [0.2, 0.25) is 0 Å². The number of hydrogen-bond acceptors (Lipinski definition) is 4. The molecule has 2 rings (SSSR count). The number of aliphatic carboxylic acids is 1. The van der Waals surface area contributed by atoms with Crippen LogP contribution in [0.5, 0.6) is 11.5 Å². The van der Waals surface area contributed by atoms with Gasteiger partial charge in [-0.15, -0.1) is 0 Å². The Morgan fingerprint density at radius 1 is 1.33 bits per heavy atom. The molecular weight excluding hydrogens is 421 g/mol. The summed E-state index contributed by atoms with van der Waals surface area (Å²) in [5, 5.41) is 9.06. The van der Waals surface area contributed by atoms with Crippen molar-refractivity contribution in [2.45, 2.75) is 20.0 Å². The number of para-hydroxylation sites is 1. The lowest BCUT2D eigenvalue weighted by atomic mass is 10.2. The van der Waals surface area contributed by atoms with Crippen molar-refractivity contribution in [1.29, 1.82) is 0 Å². The standard InChI is InChI=1S/C18H18INO4/c1-11-9-14(7-8-15(11)19)20-10-13-5-4-6-16(23-3)17(13)24-12(2)18(21)22/h4-10,12H,1-3H3,(H,21,22)/t12-/m1/s1. The molecule has 0 spiro atoms. The highest BCUT2D eigenvalue weighted by atomic mass is 127. The van der Waals surface area contributed by atoms with Crippen LogP contribution in [0.25, 0.3) is 0 Å². The number of benzene rings is 2. The molecule has 0 aliphatic carbocycles. The van der Waals surface area contributed by atoms with E-state index < -0.39 is 12.1 Å². The first kappa shape index (κ1) is 18.3. The molecule has 0 aromatic heterocycles. The van der Waals surface area contributed by atoms with Gasteiger partial charge in [-0.25, -0.2) is 4.79 Å². The lowest BCUT2D eigenvalue weighted by molar-refractivity contribution is -0.144. The Labute approximate surface area is 154 Å². The second-order valence-electron chi connectivity index (χ2n) is 5.17. The van der Waals surface area contributed by atoms with Crippen LogP contribution in [-0.2, 0) is 4.79 Å². The van der Waals surface area contributed by atoms with Gasteiger partial charge in [0.15, 0.2) is 17.6 Å². The van der Waals surface area contributed by atoms with Crippen molar-refractivity contribution in [3.05, 3.63) is 51.1 Å². The normalized spacial score (nSPS) is 12.2. The van der Waals surface area contributed by atoms with Crippen molar-refractivity contribution >= 4 is 40.5 Å². The average Bonchev–Trinajstić information content (AvgIpc) is 2.56. The molecule has 2 aromatic rings. The highest BCUT2D eigenvalue weighted by Crippen LogP contribution is 2.31. The molecule has 0 saturated carbocycles. The lowest BCUT2D eigenvalue weighted by Gasteiger charge is -2.15. The zero-order chi connectivity index (χ0) is 17.7. The third kappa shape index (κ3) is 4.47. The van der Waals surface area contributed by atoms with Gasteiger partial charge >= 0.3 is 5.97 Å². The summed E-state index contributed by atoms with van der Waals surface area (Å²) in [6.07, 6.45) is 0.655. The number of halogens is 1. The van der Waals surface area contributed by atoms with Gasteiger partial charge in [-0.2, -0.15) is 0 Å². The van der Waals surface area contributed by atoms with Crippen LogP contribution < -0.4 is 9.47 Å². The zero-order valence-corrected chi connectivity index (χ0v) is 15.8. The van der Waals surface area contributed by atoms with Crippen molar-refractivity contribution in [3.63, 3.8) is 0 Å². The first-order valence-corrected chi connectivity index (χ1v) is 8.37. The Balaban J connectivity index is 2.36. The Morgan fingerprint density at radius 2 is 2.08 bits per heavy atom. The minimum Gasteiger partial charge on any atom is -0.493 e. The van der Waals surface area contributed by atoms with Gasteiger partial charge < -0.3 is 14.6 Å². The number of nitrogens with zero attached hydrogens (tertiary/aromatic N) is 1. The Morgan fingerprint density at radius 3 is 2.71 bits per heavy atom. The van der Waals surface area contributed by atoms with Crippen LogP contribution in [0.3, 0.4) is 0 Å². The maximum atomic E-state index is 11.1. The quantitative estimate of drug-likeness (QED) is 0.541. The summed E-state index contributed by atoms with van der Waals surface area (Å²) in [6, 6.07) is 11.2. The molecule has 0 radical (unpaired) electrons. The van der Waals surface area contributed by atoms with Gasteiger partial charge in [0.1, 0.15) is 0 Å². The van der Waals surface area contributed by atoms with E-state index in [0.29, 0.717) is 17.1 Å². The number of carboxylic acid groups (broad SMARTS) is 1. The van der Waals surface area contributed by atoms with Gasteiger partial charge in [-0.3, -0.25) is 4.99 Å². The number of aliphatic imine (C=N–C) groups is 1. The minimum atomic E-state index is -1.04. The van der Waals surface area contributed by atoms with E-state index >= 15 is 0 Å². The monoisotopic (exact) mass is 439 g/mol. The molecule has 24 heavy (non-hydrogen) atoms. The highest BCUT2D eigenvalue weighted by Gasteiger charge is 2.17. The summed E-state index contributed by atoms with van der Waals surface area (Å²) in [4.78, 5) is 15.5. The van der Waals surface area contributed by atoms with Crippen LogP contribution in [-0.4, -0.2) is 30.5 Å². The number of rotatable bonds is 6. The van der Waals surface area contributed by atoms with Gasteiger partial charge in [0.2, 0.25) is 0 Å². The summed E-state index contributed by atoms with van der Waals surface area (Å²) in [7, 11) is 1.51. The van der Waals surface area contributed by atoms with Gasteiger partial charge in [-0.05, 0) is 72.3 Å². The first-order valence-electron chi connectivity index (χ1n) is 7.29. The molecule has 0 bridgehead atoms. The largest absolute Gasteiger partial charge is 0.493 e. The molecule has 6 heteroatoms. The highest BCUT2D eigenvalue weighted by molar-refractivity contribution is 14.1. The van der Waals surface area contributed by atoms with Crippen LogP contribution in [0.15, 0.2) is 41.4 Å². The molecule has 1 N–H and O–H groups in total. The Hall–Kier alpha value is -2.09. The molecule has 0 heterocycles. The van der Waals surface area contributed by atoms with Crippen LogP contribution in [0.1, 0.15) is 18.1 Å². The van der Waals surface area contributed by atoms with Crippen molar-refractivity contribution in [2.75, 3.05) is 7.11 Å². The number of carbonyl (C=O) groups is 1. The Kier molecular flexibility index (Phi) is 6.19. The third-order valence-electron chi connectivity index (χ3n) is 3.37. The van der Waals surface area contributed by atoms with Crippen molar-refractivity contribution in [2.24, 2.45) is 4.99 Å². The van der Waals surface area contributed by atoms with E-state index in [1.165, 1.54) is 17.6 Å². The topological polar surface area (TPSA) is 68.1 Å². The SMILES string of the molecule is COc1cccc(C=Nc2ccc(I)c(C)c2)c1O[C@H](C)C(=O)O. The minimum absolute atomic E-state index is 0.362. The zero-order valence-electron chi connectivity index (χ0n) is 13.6. The van der Waals surface area contributed by atoms with Gasteiger partial charge in [-0.1, -0.05) is 6.07 Å². The number of aryl methyl sites for hydroxylation is 1. The summed E-state index contributed by atoms with van der Waals surface area (Å²) in [5.74, 6) is -0.219. The van der Waals surface area contributed by atoms with E-state index in [9.17, 15) is 4.79 Å². The average molecular weight is 439 g/mol. The molecule has 1 atom stereocenters. The van der Waals surface area contributed by atoms with Crippen molar-refractivity contribution in [1.82, 2.24) is 0 Å². The second kappa shape index (κ2) is 8.14. The van der Waals surface area contributed by atoms with Gasteiger partial charge in [0.05, 0.1) is 12.8 Å². The van der Waals surface area contributed by atoms with E-state index in [1.54, 1.807) is 24.4 Å². The van der Waals surface area contributed by atoms with E-state index in [-0.39, 0.29) is 0 Å². The fourth-order valence-corrected chi connectivity index (χ4v) is 2.34. The molecular formula is C18H18INO4. The van der Waals surface area contributed by atoms with Crippen LogP contribution in [0, 0.1) is 10.5 Å². The number of methoxy groups -OCH3 is 1. The van der Waals surface area contributed by atoms with Crippen molar-refractivity contribution in [3.8, 4) is 11.5 Å². The summed E-state index contributed by atoms with van der Waals surface area (Å²) >= 11 is 2.27. The molecule has 2 aromatic carbocycles. The number of carboxylic acids is 1. The molecule has 0 unspecified atom stereocenters. The molecule has 5 nitrogen and oxygen atoms in total. The molecule has 0 saturated heterocycles. The maximum absolute atomic E-state index is 11.1. The predicted octanol–water partition coefficient (Wildman–Crippen LogP) is 4.21. The predicted molar refractivity (Wildman–Crippen MR) is 102 cm³/mol. The van der Waals surface area contributed by atoms with E-state index in [1.807, 2.05) is 25.1 Å². The second-order valence-corrected chi connectivity index (χ2v) is 6.33. The summed E-state index contributed by atoms with van der Waals surface area (Å²) in [5.41, 5.74) is 2.61. The fourth-order valence-electron chi connectivity index (χ4n) is 2.00. The van der Waals surface area contributed by atoms with Crippen LogP contribution in [0.4, 0.5) is 5.69 Å². The van der Waals surface area contributed by atoms with E-state index in [2.05, 4.69) is 27.6 Å². The smallest absolute Gasteiger partial charge is 0.344 e. The summed E-state index contributed by atoms with van der Waals surface area (Å²) < 4.78 is 12.0. The number of ether oxygens (including phenoxy) is 2. The molecule has 126 valence electrons. The van der Waals surface area contributed by atoms with Gasteiger partial charge in [0.25, 0.3) is 0 Å². The third-order valence-corrected chi connectivity index (χ3v) is 4.58. The first-order chi connectivity index (χ1) is 11.4. The number of hydrogen-bond donors (Lipinski definition) is 1. The van der Waals surface area contributed by atoms with Crippen LogP contribution >= 0.6 is 22.6 Å². The molecule has 0 aliphatic rings. The Bertz CT molecular complexity index is 774.